The first-order chi connectivity index (χ1) is 18.0. The standard InChI is InChI=1S/C25H27Cl2N3O7S/c26-16-12-17(27)14-19(13-16)38(35,36)29-22(21(24(32)33)23(31)20-7-4-8-28-20)15-5-3-6-18(11-15)37-25(34)30-9-1-2-10-30/h3,5-6,11-14,20-22,28-29H,1-2,4,7-10H2,(H,32,33)/t20-,21-,22-/m0/s1. The molecule has 0 unspecified atom stereocenters. The van der Waals surface area contributed by atoms with Gasteiger partial charge in [0.15, 0.2) is 5.78 Å². The molecule has 3 atom stereocenters. The van der Waals surface area contributed by atoms with Crippen LogP contribution in [0.15, 0.2) is 47.4 Å². The quantitative estimate of drug-likeness (QED) is 0.380. The summed E-state index contributed by atoms with van der Waals surface area (Å²) in [5, 5.41) is 13.2. The molecular formula is C25H27Cl2N3O7S. The summed E-state index contributed by atoms with van der Waals surface area (Å²) in [5.74, 6) is -3.85. The number of carboxylic acid groups (broad SMARTS) is 1. The lowest BCUT2D eigenvalue weighted by molar-refractivity contribution is -0.148. The summed E-state index contributed by atoms with van der Waals surface area (Å²) in [6.45, 7) is 1.67. The molecule has 13 heteroatoms. The van der Waals surface area contributed by atoms with Crippen molar-refractivity contribution < 1.29 is 32.6 Å². The summed E-state index contributed by atoms with van der Waals surface area (Å²) < 4.78 is 34.6. The van der Waals surface area contributed by atoms with Gasteiger partial charge in [-0.3, -0.25) is 9.59 Å². The number of carbonyl (C=O) groups is 3. The zero-order valence-corrected chi connectivity index (χ0v) is 22.6. The molecule has 2 aliphatic heterocycles. The molecule has 38 heavy (non-hydrogen) atoms. The third-order valence-corrected chi connectivity index (χ3v) is 8.38. The minimum absolute atomic E-state index is 0.0614. The smallest absolute Gasteiger partial charge is 0.415 e. The topological polar surface area (TPSA) is 142 Å². The summed E-state index contributed by atoms with van der Waals surface area (Å²) in [4.78, 5) is 39.6. The maximum absolute atomic E-state index is 13.4. The van der Waals surface area contributed by atoms with Crippen LogP contribution in [-0.4, -0.2) is 61.9 Å². The average molecular weight is 584 g/mol. The monoisotopic (exact) mass is 583 g/mol. The summed E-state index contributed by atoms with van der Waals surface area (Å²) >= 11 is 12.0. The molecule has 2 fully saturated rings. The zero-order chi connectivity index (χ0) is 27.4. The lowest BCUT2D eigenvalue weighted by Crippen LogP contribution is -2.46. The Kier molecular flexibility index (Phi) is 8.94. The lowest BCUT2D eigenvalue weighted by atomic mass is 9.86. The number of ketones is 1. The molecule has 1 amide bonds. The predicted octanol–water partition coefficient (Wildman–Crippen LogP) is 3.63. The van der Waals surface area contributed by atoms with E-state index in [1.807, 2.05) is 0 Å². The van der Waals surface area contributed by atoms with Gasteiger partial charge in [-0.1, -0.05) is 35.3 Å². The van der Waals surface area contributed by atoms with E-state index in [1.165, 1.54) is 30.3 Å². The zero-order valence-electron chi connectivity index (χ0n) is 20.2. The van der Waals surface area contributed by atoms with E-state index in [0.29, 0.717) is 32.5 Å². The molecule has 4 rings (SSSR count). The van der Waals surface area contributed by atoms with E-state index in [-0.39, 0.29) is 26.3 Å². The van der Waals surface area contributed by atoms with E-state index in [2.05, 4.69) is 10.0 Å². The van der Waals surface area contributed by atoms with Crippen molar-refractivity contribution in [2.75, 3.05) is 19.6 Å². The molecule has 2 aliphatic rings. The number of rotatable bonds is 9. The Morgan fingerprint density at radius 3 is 2.34 bits per heavy atom. The average Bonchev–Trinajstić information content (AvgIpc) is 3.57. The van der Waals surface area contributed by atoms with Gasteiger partial charge < -0.3 is 20.1 Å². The van der Waals surface area contributed by atoms with Gasteiger partial charge in [-0.05, 0) is 68.1 Å². The van der Waals surface area contributed by atoms with Crippen LogP contribution >= 0.6 is 23.2 Å². The number of ether oxygens (including phenoxy) is 1. The van der Waals surface area contributed by atoms with Crippen LogP contribution < -0.4 is 14.8 Å². The molecule has 10 nitrogen and oxygen atoms in total. The first-order valence-corrected chi connectivity index (χ1v) is 14.3. The summed E-state index contributed by atoms with van der Waals surface area (Å²) in [7, 11) is -4.41. The van der Waals surface area contributed by atoms with E-state index < -0.39 is 45.9 Å². The first kappa shape index (κ1) is 28.3. The highest BCUT2D eigenvalue weighted by Crippen LogP contribution is 2.32. The Labute approximate surface area is 230 Å². The van der Waals surface area contributed by atoms with Crippen molar-refractivity contribution in [3.8, 4) is 5.75 Å². The second-order valence-electron chi connectivity index (χ2n) is 9.21. The number of Topliss-reactive ketones (excluding diaryl/α,β-unsaturated/α-hetero) is 1. The van der Waals surface area contributed by atoms with Gasteiger partial charge in [0.2, 0.25) is 10.0 Å². The molecule has 0 aromatic heterocycles. The second-order valence-corrected chi connectivity index (χ2v) is 11.8. The van der Waals surface area contributed by atoms with Crippen LogP contribution in [0.5, 0.6) is 5.75 Å². The van der Waals surface area contributed by atoms with Crippen LogP contribution in [0.4, 0.5) is 4.79 Å². The number of sulfonamides is 1. The highest BCUT2D eigenvalue weighted by atomic mass is 35.5. The molecule has 0 bridgehead atoms. The van der Waals surface area contributed by atoms with Gasteiger partial charge in [-0.2, -0.15) is 0 Å². The summed E-state index contributed by atoms with van der Waals surface area (Å²) in [6, 6.07) is 7.23. The second kappa shape index (κ2) is 12.0. The van der Waals surface area contributed by atoms with E-state index in [1.54, 1.807) is 4.90 Å². The van der Waals surface area contributed by atoms with Crippen molar-refractivity contribution >= 4 is 51.1 Å². The van der Waals surface area contributed by atoms with Gasteiger partial charge in [-0.25, -0.2) is 17.9 Å². The number of carbonyl (C=O) groups excluding carboxylic acids is 2. The van der Waals surface area contributed by atoms with Crippen molar-refractivity contribution in [2.24, 2.45) is 5.92 Å². The number of benzene rings is 2. The summed E-state index contributed by atoms with van der Waals surface area (Å²) in [6.07, 6.45) is 2.28. The van der Waals surface area contributed by atoms with Gasteiger partial charge >= 0.3 is 12.1 Å². The van der Waals surface area contributed by atoms with Crippen LogP contribution in [0.3, 0.4) is 0 Å². The third-order valence-electron chi connectivity index (χ3n) is 6.52. The largest absolute Gasteiger partial charge is 0.481 e. The van der Waals surface area contributed by atoms with Crippen molar-refractivity contribution in [1.29, 1.82) is 0 Å². The number of aliphatic carboxylic acids is 1. The minimum Gasteiger partial charge on any atom is -0.481 e. The molecule has 0 radical (unpaired) electrons. The van der Waals surface area contributed by atoms with E-state index in [9.17, 15) is 27.9 Å². The fourth-order valence-electron chi connectivity index (χ4n) is 4.66. The molecule has 0 saturated carbocycles. The molecule has 2 heterocycles. The number of amides is 1. The Morgan fingerprint density at radius 2 is 1.74 bits per heavy atom. The minimum atomic E-state index is -4.41. The molecule has 0 spiro atoms. The highest BCUT2D eigenvalue weighted by molar-refractivity contribution is 7.89. The lowest BCUT2D eigenvalue weighted by Gasteiger charge is -2.27. The summed E-state index contributed by atoms with van der Waals surface area (Å²) in [5.41, 5.74) is 0.132. The van der Waals surface area contributed by atoms with Crippen molar-refractivity contribution in [2.45, 2.75) is 42.7 Å². The van der Waals surface area contributed by atoms with Gasteiger partial charge in [0.25, 0.3) is 0 Å². The molecule has 2 aromatic rings. The normalized spacial score (nSPS) is 19.2. The molecule has 0 aliphatic carbocycles. The fraction of sp³-hybridized carbons (Fsp3) is 0.400. The number of hydrogen-bond donors (Lipinski definition) is 3. The van der Waals surface area contributed by atoms with Gasteiger partial charge in [0.05, 0.1) is 17.0 Å². The van der Waals surface area contributed by atoms with E-state index in [0.717, 1.165) is 25.0 Å². The third kappa shape index (κ3) is 6.65. The number of carboxylic acids is 1. The van der Waals surface area contributed by atoms with Gasteiger partial charge in [-0.15, -0.1) is 0 Å². The predicted molar refractivity (Wildman–Crippen MR) is 140 cm³/mol. The van der Waals surface area contributed by atoms with Crippen LogP contribution in [0.2, 0.25) is 10.0 Å². The Hall–Kier alpha value is -2.70. The molecule has 204 valence electrons. The number of nitrogens with one attached hydrogen (secondary N) is 2. The maximum atomic E-state index is 13.4. The SMILES string of the molecule is O=C(O)[C@H](C(=O)[C@@H]1CCCN1)[C@@H](NS(=O)(=O)c1cc(Cl)cc(Cl)c1)c1cccc(OC(=O)N2CCCC2)c1. The van der Waals surface area contributed by atoms with Gasteiger partial charge in [0.1, 0.15) is 11.7 Å². The first-order valence-electron chi connectivity index (χ1n) is 12.1. The van der Waals surface area contributed by atoms with Crippen molar-refractivity contribution in [1.82, 2.24) is 14.9 Å². The molecule has 2 aromatic carbocycles. The number of likely N-dealkylation sites (tertiary alicyclic amines) is 1. The Bertz CT molecular complexity index is 1310. The van der Waals surface area contributed by atoms with Crippen molar-refractivity contribution in [3.63, 3.8) is 0 Å². The molecule has 3 N–H and O–H groups in total. The number of halogens is 2. The molecule has 2 saturated heterocycles. The van der Waals surface area contributed by atoms with Crippen LogP contribution in [0.25, 0.3) is 0 Å². The highest BCUT2D eigenvalue weighted by Gasteiger charge is 2.42. The van der Waals surface area contributed by atoms with Crippen molar-refractivity contribution in [3.05, 3.63) is 58.1 Å². The Morgan fingerprint density at radius 1 is 1.05 bits per heavy atom. The van der Waals surface area contributed by atoms with E-state index >= 15 is 0 Å². The van der Waals surface area contributed by atoms with Crippen LogP contribution in [0.1, 0.15) is 37.3 Å². The molecular weight excluding hydrogens is 557 g/mol. The van der Waals surface area contributed by atoms with Crippen LogP contribution in [-0.2, 0) is 19.6 Å². The Balaban J connectivity index is 1.72. The number of hydrogen-bond acceptors (Lipinski definition) is 7. The maximum Gasteiger partial charge on any atom is 0.415 e. The fourth-order valence-corrected chi connectivity index (χ4v) is 6.62. The van der Waals surface area contributed by atoms with E-state index in [4.69, 9.17) is 27.9 Å². The number of nitrogens with zero attached hydrogens (tertiary/aromatic N) is 1. The van der Waals surface area contributed by atoms with Crippen LogP contribution in [0, 0.1) is 5.92 Å². The van der Waals surface area contributed by atoms with Gasteiger partial charge in [0, 0.05) is 23.1 Å².